The van der Waals surface area contributed by atoms with Gasteiger partial charge in [-0.2, -0.15) is 0 Å². The molecule has 0 saturated heterocycles. The zero-order valence-electron chi connectivity index (χ0n) is 11.9. The lowest BCUT2D eigenvalue weighted by molar-refractivity contribution is 0.0974. The molecule has 0 amide bonds. The van der Waals surface area contributed by atoms with E-state index in [-0.39, 0.29) is 11.7 Å². The molecular weight excluding hydrogens is 336 g/mol. The van der Waals surface area contributed by atoms with Crippen molar-refractivity contribution in [3.63, 3.8) is 0 Å². The molecule has 1 atom stereocenters. The second-order valence-electron chi connectivity index (χ2n) is 5.13. The zero-order chi connectivity index (χ0) is 15.4. The van der Waals surface area contributed by atoms with Crippen molar-refractivity contribution in [2.75, 3.05) is 0 Å². The Balaban J connectivity index is 2.10. The van der Waals surface area contributed by atoms with E-state index >= 15 is 0 Å². The fourth-order valence-electron chi connectivity index (χ4n) is 2.60. The van der Waals surface area contributed by atoms with Crippen LogP contribution in [0.25, 0.3) is 0 Å². The van der Waals surface area contributed by atoms with Crippen LogP contribution >= 0.6 is 15.9 Å². The standard InChI is InChI=1S/C20H15BrO/c21-18-13-7-12-17(14-18)19(15-8-3-1-4-9-15)20(22)16-10-5-2-6-11-16/h1-14,19H. The Labute approximate surface area is 138 Å². The summed E-state index contributed by atoms with van der Waals surface area (Å²) in [6.45, 7) is 0. The van der Waals surface area contributed by atoms with Crippen LogP contribution in [0.4, 0.5) is 0 Å². The summed E-state index contributed by atoms with van der Waals surface area (Å²) >= 11 is 3.50. The Morgan fingerprint density at radius 1 is 0.727 bits per heavy atom. The maximum absolute atomic E-state index is 13.0. The number of rotatable bonds is 4. The van der Waals surface area contributed by atoms with Gasteiger partial charge in [0.2, 0.25) is 0 Å². The first-order valence-corrected chi connectivity index (χ1v) is 7.94. The SMILES string of the molecule is O=C(c1ccccc1)C(c1ccccc1)c1cccc(Br)c1. The summed E-state index contributed by atoms with van der Waals surface area (Å²) in [5.74, 6) is -0.175. The van der Waals surface area contributed by atoms with Crippen molar-refractivity contribution < 1.29 is 4.79 Å². The summed E-state index contributed by atoms with van der Waals surface area (Å²) < 4.78 is 0.979. The average molecular weight is 351 g/mol. The minimum absolute atomic E-state index is 0.116. The average Bonchev–Trinajstić information content (AvgIpc) is 2.57. The normalized spacial score (nSPS) is 11.9. The van der Waals surface area contributed by atoms with Gasteiger partial charge in [-0.3, -0.25) is 4.79 Å². The molecule has 0 spiro atoms. The van der Waals surface area contributed by atoms with Crippen molar-refractivity contribution in [3.8, 4) is 0 Å². The minimum Gasteiger partial charge on any atom is -0.293 e. The van der Waals surface area contributed by atoms with Crippen LogP contribution in [0.15, 0.2) is 89.4 Å². The Morgan fingerprint density at radius 3 is 1.95 bits per heavy atom. The summed E-state index contributed by atoms with van der Waals surface area (Å²) in [4.78, 5) is 13.0. The van der Waals surface area contributed by atoms with Gasteiger partial charge >= 0.3 is 0 Å². The first-order valence-electron chi connectivity index (χ1n) is 7.15. The van der Waals surface area contributed by atoms with Gasteiger partial charge in [0.15, 0.2) is 5.78 Å². The zero-order valence-corrected chi connectivity index (χ0v) is 13.5. The van der Waals surface area contributed by atoms with Gasteiger partial charge in [0, 0.05) is 10.0 Å². The monoisotopic (exact) mass is 350 g/mol. The van der Waals surface area contributed by atoms with Crippen LogP contribution in [-0.4, -0.2) is 5.78 Å². The number of hydrogen-bond acceptors (Lipinski definition) is 1. The molecule has 22 heavy (non-hydrogen) atoms. The first kappa shape index (κ1) is 14.7. The smallest absolute Gasteiger partial charge is 0.174 e. The third-order valence-corrected chi connectivity index (χ3v) is 4.13. The Hall–Kier alpha value is -2.19. The van der Waals surface area contributed by atoms with E-state index in [9.17, 15) is 4.79 Å². The van der Waals surface area contributed by atoms with Gasteiger partial charge in [-0.25, -0.2) is 0 Å². The molecule has 0 aliphatic heterocycles. The molecule has 1 nitrogen and oxygen atoms in total. The van der Waals surface area contributed by atoms with Crippen LogP contribution in [0.2, 0.25) is 0 Å². The maximum Gasteiger partial charge on any atom is 0.174 e. The van der Waals surface area contributed by atoms with E-state index in [1.54, 1.807) is 0 Å². The number of benzene rings is 3. The molecule has 0 saturated carbocycles. The number of carbonyl (C=O) groups excluding carboxylic acids is 1. The number of hydrogen-bond donors (Lipinski definition) is 0. The molecular formula is C20H15BrO. The molecule has 0 aromatic heterocycles. The van der Waals surface area contributed by atoms with Crippen molar-refractivity contribution in [1.29, 1.82) is 0 Å². The van der Waals surface area contributed by atoms with Gasteiger partial charge in [0.1, 0.15) is 0 Å². The van der Waals surface area contributed by atoms with Crippen molar-refractivity contribution in [2.24, 2.45) is 0 Å². The molecule has 3 aromatic carbocycles. The van der Waals surface area contributed by atoms with Crippen LogP contribution in [0, 0.1) is 0 Å². The van der Waals surface area contributed by atoms with Gasteiger partial charge in [-0.05, 0) is 23.3 Å². The van der Waals surface area contributed by atoms with Crippen LogP contribution in [0.5, 0.6) is 0 Å². The van der Waals surface area contributed by atoms with Crippen LogP contribution in [0.3, 0.4) is 0 Å². The van der Waals surface area contributed by atoms with E-state index < -0.39 is 0 Å². The number of Topliss-reactive ketones (excluding diaryl/α,β-unsaturated/α-hetero) is 1. The molecule has 108 valence electrons. The van der Waals surface area contributed by atoms with Gasteiger partial charge in [-0.15, -0.1) is 0 Å². The topological polar surface area (TPSA) is 17.1 Å². The summed E-state index contributed by atoms with van der Waals surface area (Å²) in [6, 6.07) is 27.3. The minimum atomic E-state index is -0.291. The van der Waals surface area contributed by atoms with Crippen molar-refractivity contribution in [3.05, 3.63) is 106 Å². The highest BCUT2D eigenvalue weighted by molar-refractivity contribution is 9.10. The Bertz CT molecular complexity index is 766. The van der Waals surface area contributed by atoms with E-state index in [1.807, 2.05) is 84.9 Å². The second kappa shape index (κ2) is 6.71. The van der Waals surface area contributed by atoms with Crippen molar-refractivity contribution in [2.45, 2.75) is 5.92 Å². The Morgan fingerprint density at radius 2 is 1.32 bits per heavy atom. The van der Waals surface area contributed by atoms with Crippen LogP contribution in [-0.2, 0) is 0 Å². The molecule has 0 heterocycles. The third-order valence-electron chi connectivity index (χ3n) is 3.64. The molecule has 2 heteroatoms. The highest BCUT2D eigenvalue weighted by atomic mass is 79.9. The first-order chi connectivity index (χ1) is 10.8. The maximum atomic E-state index is 13.0. The predicted octanol–water partition coefficient (Wildman–Crippen LogP) is 5.46. The fourth-order valence-corrected chi connectivity index (χ4v) is 3.01. The van der Waals surface area contributed by atoms with E-state index in [4.69, 9.17) is 0 Å². The van der Waals surface area contributed by atoms with Gasteiger partial charge in [0.05, 0.1) is 5.92 Å². The van der Waals surface area contributed by atoms with Crippen LogP contribution in [0.1, 0.15) is 27.4 Å². The molecule has 0 aliphatic rings. The molecule has 3 aromatic rings. The molecule has 3 rings (SSSR count). The number of ketones is 1. The summed E-state index contributed by atoms with van der Waals surface area (Å²) in [5.41, 5.74) is 2.74. The van der Waals surface area contributed by atoms with E-state index in [0.29, 0.717) is 0 Å². The second-order valence-corrected chi connectivity index (χ2v) is 6.04. The molecule has 1 unspecified atom stereocenters. The molecule has 0 N–H and O–H groups in total. The van der Waals surface area contributed by atoms with Crippen LogP contribution < -0.4 is 0 Å². The lowest BCUT2D eigenvalue weighted by Crippen LogP contribution is -2.14. The highest BCUT2D eigenvalue weighted by Crippen LogP contribution is 2.30. The fraction of sp³-hybridized carbons (Fsp3) is 0.0500. The van der Waals surface area contributed by atoms with Crippen molar-refractivity contribution in [1.82, 2.24) is 0 Å². The lowest BCUT2D eigenvalue weighted by Gasteiger charge is -2.17. The van der Waals surface area contributed by atoms with Gasteiger partial charge in [0.25, 0.3) is 0 Å². The number of carbonyl (C=O) groups is 1. The molecule has 0 radical (unpaired) electrons. The van der Waals surface area contributed by atoms with Gasteiger partial charge < -0.3 is 0 Å². The van der Waals surface area contributed by atoms with Crippen molar-refractivity contribution >= 4 is 21.7 Å². The third kappa shape index (κ3) is 3.18. The number of halogens is 1. The quantitative estimate of drug-likeness (QED) is 0.570. The molecule has 0 bridgehead atoms. The van der Waals surface area contributed by atoms with E-state index in [0.717, 1.165) is 21.2 Å². The predicted molar refractivity (Wildman–Crippen MR) is 93.2 cm³/mol. The Kier molecular flexibility index (Phi) is 4.50. The lowest BCUT2D eigenvalue weighted by atomic mass is 9.85. The van der Waals surface area contributed by atoms with E-state index in [2.05, 4.69) is 15.9 Å². The molecule has 0 fully saturated rings. The molecule has 0 aliphatic carbocycles. The summed E-state index contributed by atoms with van der Waals surface area (Å²) in [6.07, 6.45) is 0. The summed E-state index contributed by atoms with van der Waals surface area (Å²) in [5, 5.41) is 0. The summed E-state index contributed by atoms with van der Waals surface area (Å²) in [7, 11) is 0. The van der Waals surface area contributed by atoms with E-state index in [1.165, 1.54) is 0 Å². The highest BCUT2D eigenvalue weighted by Gasteiger charge is 2.23. The largest absolute Gasteiger partial charge is 0.293 e. The van der Waals surface area contributed by atoms with Gasteiger partial charge in [-0.1, -0.05) is 88.7 Å².